The largest absolute Gasteiger partial charge is 0.493 e. The van der Waals surface area contributed by atoms with Gasteiger partial charge in [-0.1, -0.05) is 23.9 Å². The molecule has 12 heteroatoms. The van der Waals surface area contributed by atoms with Crippen molar-refractivity contribution in [2.75, 3.05) is 12.9 Å². The quantitative estimate of drug-likeness (QED) is 0.200. The van der Waals surface area contributed by atoms with Crippen LogP contribution in [-0.2, 0) is 11.8 Å². The van der Waals surface area contributed by atoms with Crippen molar-refractivity contribution in [3.05, 3.63) is 58.1 Å². The first kappa shape index (κ1) is 24.7. The molecule has 0 aliphatic heterocycles. The summed E-state index contributed by atoms with van der Waals surface area (Å²) in [5.41, 5.74) is 3.73. The van der Waals surface area contributed by atoms with Gasteiger partial charge < -0.3 is 14.0 Å². The molecule has 11 nitrogen and oxygen atoms in total. The highest BCUT2D eigenvalue weighted by molar-refractivity contribution is 7.99. The molecule has 0 fully saturated rings. The number of non-ortho nitro benzene ring substituents is 1. The number of amides is 1. The first-order valence-electron chi connectivity index (χ1n) is 10.2. The highest BCUT2D eigenvalue weighted by Crippen LogP contribution is 2.28. The van der Waals surface area contributed by atoms with Gasteiger partial charge in [0.15, 0.2) is 22.5 Å². The van der Waals surface area contributed by atoms with Crippen LogP contribution in [-0.4, -0.2) is 50.8 Å². The molecule has 1 heterocycles. The van der Waals surface area contributed by atoms with E-state index in [9.17, 15) is 14.9 Å². The maximum absolute atomic E-state index is 12.2. The number of nitrogens with one attached hydrogen (secondary N) is 1. The molecule has 2 aromatic carbocycles. The normalized spacial score (nSPS) is 11.1. The van der Waals surface area contributed by atoms with Crippen molar-refractivity contribution >= 4 is 29.6 Å². The van der Waals surface area contributed by atoms with Crippen LogP contribution < -0.4 is 14.9 Å². The third kappa shape index (κ3) is 6.32. The number of nitro groups is 1. The first-order valence-corrected chi connectivity index (χ1v) is 11.2. The molecule has 34 heavy (non-hydrogen) atoms. The number of carbonyl (C=O) groups is 1. The van der Waals surface area contributed by atoms with Crippen molar-refractivity contribution in [1.82, 2.24) is 20.2 Å². The second kappa shape index (κ2) is 11.3. The average molecular weight is 485 g/mol. The topological polar surface area (TPSA) is 134 Å². The number of hydrogen-bond donors (Lipinski definition) is 1. The number of hydrazone groups is 1. The van der Waals surface area contributed by atoms with Gasteiger partial charge in [-0.2, -0.15) is 5.10 Å². The molecule has 0 saturated heterocycles. The zero-order valence-corrected chi connectivity index (χ0v) is 19.9. The monoisotopic (exact) mass is 484 g/mol. The van der Waals surface area contributed by atoms with Gasteiger partial charge in [-0.25, -0.2) is 5.43 Å². The molecule has 3 rings (SSSR count). The molecule has 0 saturated carbocycles. The van der Waals surface area contributed by atoms with E-state index in [1.807, 2.05) is 13.8 Å². The Labute approximate surface area is 200 Å². The van der Waals surface area contributed by atoms with E-state index < -0.39 is 4.92 Å². The molecule has 1 amide bonds. The van der Waals surface area contributed by atoms with E-state index in [2.05, 4.69) is 20.7 Å². The zero-order chi connectivity index (χ0) is 24.7. The summed E-state index contributed by atoms with van der Waals surface area (Å²) in [6.07, 6.45) is 1.52. The molecule has 0 atom stereocenters. The summed E-state index contributed by atoms with van der Waals surface area (Å²) >= 11 is 1.17. The summed E-state index contributed by atoms with van der Waals surface area (Å²) < 4.78 is 12.7. The molecule has 0 unspecified atom stereocenters. The van der Waals surface area contributed by atoms with E-state index in [1.54, 1.807) is 49.1 Å². The lowest BCUT2D eigenvalue weighted by molar-refractivity contribution is -0.384. The summed E-state index contributed by atoms with van der Waals surface area (Å²) in [7, 11) is 3.28. The molecular formula is C22H24N6O5S. The highest BCUT2D eigenvalue weighted by Gasteiger charge is 2.15. The van der Waals surface area contributed by atoms with Crippen LogP contribution in [0.5, 0.6) is 11.5 Å². The minimum atomic E-state index is -0.468. The molecule has 1 N–H and O–H groups in total. The predicted molar refractivity (Wildman–Crippen MR) is 128 cm³/mol. The van der Waals surface area contributed by atoms with Crippen LogP contribution >= 0.6 is 11.8 Å². The maximum Gasteiger partial charge on any atom is 0.270 e. The molecular weight excluding hydrogens is 460 g/mol. The fraction of sp³-hybridized carbons (Fsp3) is 0.273. The lowest BCUT2D eigenvalue weighted by Crippen LogP contribution is -2.19. The molecule has 0 bridgehead atoms. The summed E-state index contributed by atoms with van der Waals surface area (Å²) in [6, 6.07) is 11.5. The van der Waals surface area contributed by atoms with E-state index in [-0.39, 0.29) is 23.5 Å². The van der Waals surface area contributed by atoms with Crippen LogP contribution in [0.25, 0.3) is 11.4 Å². The number of nitro benzene ring substituents is 1. The van der Waals surface area contributed by atoms with Crippen molar-refractivity contribution in [1.29, 1.82) is 0 Å². The van der Waals surface area contributed by atoms with Crippen molar-refractivity contribution in [2.24, 2.45) is 12.1 Å². The molecule has 0 spiro atoms. The van der Waals surface area contributed by atoms with Gasteiger partial charge in [-0.15, -0.1) is 10.2 Å². The SMILES string of the molecule is COc1cc(/C=N/NC(=O)CSc2nnc(-c3cccc([N+](=O)[O-])c3)n2C)ccc1OC(C)C. The van der Waals surface area contributed by atoms with E-state index in [4.69, 9.17) is 9.47 Å². The second-order valence-corrected chi connectivity index (χ2v) is 8.27. The van der Waals surface area contributed by atoms with Gasteiger partial charge in [0, 0.05) is 24.7 Å². The van der Waals surface area contributed by atoms with E-state index in [0.29, 0.717) is 28.0 Å². The summed E-state index contributed by atoms with van der Waals surface area (Å²) in [5.74, 6) is 1.39. The minimum absolute atomic E-state index is 0.0152. The Hall–Kier alpha value is -3.93. The standard InChI is InChI=1S/C22H24N6O5S/c1-14(2)33-18-9-8-15(10-19(18)32-4)12-23-24-20(29)13-34-22-26-25-21(27(22)3)16-6-5-7-17(11-16)28(30)31/h5-12,14H,13H2,1-4H3,(H,24,29)/b23-12+. The Morgan fingerprint density at radius 2 is 2.06 bits per heavy atom. The maximum atomic E-state index is 12.2. The first-order chi connectivity index (χ1) is 16.3. The number of aromatic nitrogens is 3. The molecule has 0 aliphatic rings. The van der Waals surface area contributed by atoms with E-state index in [0.717, 1.165) is 5.56 Å². The Morgan fingerprint density at radius 3 is 2.76 bits per heavy atom. The Balaban J connectivity index is 1.57. The number of methoxy groups -OCH3 is 1. The van der Waals surface area contributed by atoms with E-state index >= 15 is 0 Å². The average Bonchev–Trinajstić information content (AvgIpc) is 3.18. The fourth-order valence-electron chi connectivity index (χ4n) is 2.91. The highest BCUT2D eigenvalue weighted by atomic mass is 32.2. The van der Waals surface area contributed by atoms with Gasteiger partial charge in [-0.05, 0) is 37.6 Å². The van der Waals surface area contributed by atoms with Crippen LogP contribution in [0.1, 0.15) is 19.4 Å². The minimum Gasteiger partial charge on any atom is -0.493 e. The lowest BCUT2D eigenvalue weighted by atomic mass is 10.2. The number of thioether (sulfide) groups is 1. The van der Waals surface area contributed by atoms with Crippen LogP contribution in [0.4, 0.5) is 5.69 Å². The predicted octanol–water partition coefficient (Wildman–Crippen LogP) is 3.43. The summed E-state index contributed by atoms with van der Waals surface area (Å²) in [4.78, 5) is 22.7. The zero-order valence-electron chi connectivity index (χ0n) is 19.1. The third-order valence-corrected chi connectivity index (χ3v) is 5.46. The van der Waals surface area contributed by atoms with Crippen LogP contribution in [0.3, 0.4) is 0 Å². The Kier molecular flexibility index (Phi) is 8.19. The van der Waals surface area contributed by atoms with Gasteiger partial charge >= 0.3 is 0 Å². The third-order valence-electron chi connectivity index (χ3n) is 4.44. The lowest BCUT2D eigenvalue weighted by Gasteiger charge is -2.13. The molecule has 3 aromatic rings. The number of nitrogens with zero attached hydrogens (tertiary/aromatic N) is 5. The summed E-state index contributed by atoms with van der Waals surface area (Å²) in [6.45, 7) is 3.86. The second-order valence-electron chi connectivity index (χ2n) is 7.33. The van der Waals surface area contributed by atoms with Gasteiger partial charge in [-0.3, -0.25) is 14.9 Å². The van der Waals surface area contributed by atoms with Crippen molar-refractivity contribution < 1.29 is 19.2 Å². The van der Waals surface area contributed by atoms with Crippen LogP contribution in [0, 0.1) is 10.1 Å². The van der Waals surface area contributed by atoms with Crippen LogP contribution in [0.15, 0.2) is 52.7 Å². The van der Waals surface area contributed by atoms with E-state index in [1.165, 1.54) is 30.1 Å². The molecule has 1 aromatic heterocycles. The fourth-order valence-corrected chi connectivity index (χ4v) is 3.61. The Morgan fingerprint density at radius 1 is 1.26 bits per heavy atom. The van der Waals surface area contributed by atoms with Gasteiger partial charge in [0.05, 0.1) is 30.1 Å². The number of carbonyl (C=O) groups excluding carboxylic acids is 1. The number of benzene rings is 2. The van der Waals surface area contributed by atoms with Crippen molar-refractivity contribution in [2.45, 2.75) is 25.1 Å². The smallest absolute Gasteiger partial charge is 0.270 e. The van der Waals surface area contributed by atoms with Crippen molar-refractivity contribution in [3.8, 4) is 22.9 Å². The number of rotatable bonds is 10. The number of ether oxygens (including phenoxy) is 2. The van der Waals surface area contributed by atoms with Crippen LogP contribution in [0.2, 0.25) is 0 Å². The van der Waals surface area contributed by atoms with Gasteiger partial charge in [0.2, 0.25) is 0 Å². The molecule has 0 radical (unpaired) electrons. The van der Waals surface area contributed by atoms with Gasteiger partial charge in [0.25, 0.3) is 11.6 Å². The molecule has 0 aliphatic carbocycles. The summed E-state index contributed by atoms with van der Waals surface area (Å²) in [5, 5.41) is 23.6. The molecule has 178 valence electrons. The number of hydrogen-bond acceptors (Lipinski definition) is 9. The Bertz CT molecular complexity index is 1210. The van der Waals surface area contributed by atoms with Crippen molar-refractivity contribution in [3.63, 3.8) is 0 Å². The van der Waals surface area contributed by atoms with Gasteiger partial charge in [0.1, 0.15) is 0 Å².